The minimum absolute atomic E-state index is 0.00620. The van der Waals surface area contributed by atoms with Gasteiger partial charge in [-0.15, -0.1) is 0 Å². The van der Waals surface area contributed by atoms with Gasteiger partial charge in [-0.05, 0) is 40.9 Å². The number of nitrogens with zero attached hydrogens (tertiary/aromatic N) is 4. The van der Waals surface area contributed by atoms with Crippen molar-refractivity contribution < 1.29 is 22.3 Å². The van der Waals surface area contributed by atoms with Gasteiger partial charge in [0, 0.05) is 23.7 Å². The summed E-state index contributed by atoms with van der Waals surface area (Å²) in [5.74, 6) is -1.23. The molecule has 0 N–H and O–H groups in total. The van der Waals surface area contributed by atoms with Crippen LogP contribution in [0.2, 0.25) is 0 Å². The molecule has 0 spiro atoms. The number of benzene rings is 2. The number of hydrogen-bond donors (Lipinski definition) is 0. The second-order valence-electron chi connectivity index (χ2n) is 8.11. The highest BCUT2D eigenvalue weighted by Crippen LogP contribution is 2.42. The van der Waals surface area contributed by atoms with Crippen LogP contribution < -0.4 is 5.46 Å². The third-order valence-electron chi connectivity index (χ3n) is 6.45. The first-order valence-electron chi connectivity index (χ1n) is 10.1. The fourth-order valence-corrected chi connectivity index (χ4v) is 4.88. The molecule has 5 nitrogen and oxygen atoms in total. The number of rotatable bonds is 2. The zero-order valence-electron chi connectivity index (χ0n) is 16.8. The number of halogens is 4. The summed E-state index contributed by atoms with van der Waals surface area (Å²) in [6, 6.07) is 10.4. The van der Waals surface area contributed by atoms with Gasteiger partial charge in [-0.1, -0.05) is 18.2 Å². The van der Waals surface area contributed by atoms with Crippen LogP contribution in [0.15, 0.2) is 54.9 Å². The topological polar surface area (TPSA) is 51.0 Å². The fourth-order valence-electron chi connectivity index (χ4n) is 4.88. The SMILES string of the molecule is [B]C12B(F)c3cc(-c4cccc5c4cnn5C(F)F)cc(F)c3CN1C(=O)c1cccnc12. The van der Waals surface area contributed by atoms with E-state index in [0.717, 1.165) is 4.90 Å². The molecule has 0 aliphatic carbocycles. The van der Waals surface area contributed by atoms with Gasteiger partial charge >= 0.3 is 13.5 Å². The highest BCUT2D eigenvalue weighted by atomic mass is 19.3. The van der Waals surface area contributed by atoms with Gasteiger partial charge < -0.3 is 9.22 Å². The normalized spacial score (nSPS) is 19.2. The second-order valence-corrected chi connectivity index (χ2v) is 8.11. The summed E-state index contributed by atoms with van der Waals surface area (Å²) >= 11 is 0. The molecule has 1 unspecified atom stereocenters. The molecule has 2 aliphatic rings. The van der Waals surface area contributed by atoms with Crippen molar-refractivity contribution >= 4 is 37.1 Å². The Morgan fingerprint density at radius 3 is 2.73 bits per heavy atom. The summed E-state index contributed by atoms with van der Waals surface area (Å²) in [5, 5.41) is 2.21. The Labute approximate surface area is 186 Å². The maximum Gasteiger partial charge on any atom is 0.404 e. The first-order chi connectivity index (χ1) is 15.8. The van der Waals surface area contributed by atoms with E-state index in [9.17, 15) is 13.6 Å². The molecular weight excluding hydrogens is 434 g/mol. The van der Waals surface area contributed by atoms with E-state index in [2.05, 4.69) is 10.1 Å². The van der Waals surface area contributed by atoms with E-state index in [1.807, 2.05) is 0 Å². The van der Waals surface area contributed by atoms with Crippen molar-refractivity contribution in [2.45, 2.75) is 18.4 Å². The van der Waals surface area contributed by atoms with Gasteiger partial charge in [-0.2, -0.15) is 13.9 Å². The van der Waals surface area contributed by atoms with Gasteiger partial charge in [-0.3, -0.25) is 9.78 Å². The van der Waals surface area contributed by atoms with Gasteiger partial charge in [0.05, 0.1) is 28.3 Å². The standard InChI is InChI=1S/C22H12B2F4N4O/c23-22-19-13(4-2-6-29-19)20(33)31(22)10-15-16(24(22)28)7-11(8-17(15)25)12-3-1-5-18-14(12)9-30-32(18)21(26)27/h1-9,21H,10H2. The number of hydrogen-bond acceptors (Lipinski definition) is 3. The van der Waals surface area contributed by atoms with E-state index >= 15 is 8.71 Å². The molecule has 160 valence electrons. The Bertz CT molecular complexity index is 1480. The quantitative estimate of drug-likeness (QED) is 0.351. The number of pyridine rings is 1. The number of alkyl halides is 2. The molecule has 2 aromatic carbocycles. The zero-order chi connectivity index (χ0) is 23.1. The first kappa shape index (κ1) is 20.0. The highest BCUT2D eigenvalue weighted by molar-refractivity contribution is 6.77. The average molecular weight is 446 g/mol. The predicted molar refractivity (Wildman–Crippen MR) is 114 cm³/mol. The smallest absolute Gasteiger partial charge is 0.335 e. The number of fused-ring (bicyclic) bond motifs is 5. The van der Waals surface area contributed by atoms with Crippen LogP contribution in [0.5, 0.6) is 0 Å². The molecule has 2 radical (unpaired) electrons. The largest absolute Gasteiger partial charge is 0.404 e. The molecule has 11 heteroatoms. The van der Waals surface area contributed by atoms with Gasteiger partial charge in [0.15, 0.2) is 0 Å². The zero-order valence-corrected chi connectivity index (χ0v) is 16.8. The number of carbonyl (C=O) groups excluding carboxylic acids is 1. The summed E-state index contributed by atoms with van der Waals surface area (Å²) in [7, 11) is 6.44. The van der Waals surface area contributed by atoms with E-state index in [-0.39, 0.29) is 39.9 Å². The fraction of sp³-hybridized carbons (Fsp3) is 0.136. The molecule has 0 saturated carbocycles. The Balaban J connectivity index is 1.54. The lowest BCUT2D eigenvalue weighted by atomic mass is 9.37. The lowest BCUT2D eigenvalue weighted by Gasteiger charge is -2.42. The molecule has 2 aliphatic heterocycles. The number of amides is 1. The highest BCUT2D eigenvalue weighted by Gasteiger charge is 2.58. The molecule has 4 heterocycles. The van der Waals surface area contributed by atoms with Gasteiger partial charge in [0.2, 0.25) is 0 Å². The monoisotopic (exact) mass is 446 g/mol. The Kier molecular flexibility index (Phi) is 4.06. The molecular formula is C22H12B2F4N4O. The maximum atomic E-state index is 16.0. The Morgan fingerprint density at radius 1 is 1.15 bits per heavy atom. The van der Waals surface area contributed by atoms with Crippen LogP contribution in [0.25, 0.3) is 22.0 Å². The van der Waals surface area contributed by atoms with E-state index in [1.54, 1.807) is 18.2 Å². The van der Waals surface area contributed by atoms with Crippen LogP contribution in [0, 0.1) is 5.82 Å². The molecule has 1 amide bonds. The summed E-state index contributed by atoms with van der Waals surface area (Å²) in [5.41, 5.74) is 1.16. The third kappa shape index (κ3) is 2.53. The van der Waals surface area contributed by atoms with Crippen LogP contribution in [0.1, 0.15) is 28.2 Å². The Morgan fingerprint density at radius 2 is 1.94 bits per heavy atom. The minimum atomic E-state index is -2.84. The molecule has 0 saturated heterocycles. The molecule has 0 bridgehead atoms. The predicted octanol–water partition coefficient (Wildman–Crippen LogP) is 3.33. The van der Waals surface area contributed by atoms with Crippen molar-refractivity contribution in [2.75, 3.05) is 0 Å². The molecule has 4 aromatic rings. The van der Waals surface area contributed by atoms with Crippen LogP contribution in [0.3, 0.4) is 0 Å². The van der Waals surface area contributed by atoms with Crippen LogP contribution in [0.4, 0.5) is 17.5 Å². The molecule has 1 atom stereocenters. The van der Waals surface area contributed by atoms with E-state index < -0.39 is 30.6 Å². The van der Waals surface area contributed by atoms with Crippen LogP contribution in [-0.2, 0) is 11.9 Å². The van der Waals surface area contributed by atoms with E-state index in [1.165, 1.54) is 36.7 Å². The van der Waals surface area contributed by atoms with Gasteiger partial charge in [-0.25, -0.2) is 9.07 Å². The van der Waals surface area contributed by atoms with Crippen molar-refractivity contribution in [2.24, 2.45) is 0 Å². The number of aromatic nitrogens is 3. The molecule has 6 rings (SSSR count). The second kappa shape index (κ2) is 6.69. The number of carbonyl (C=O) groups is 1. The lowest BCUT2D eigenvalue weighted by molar-refractivity contribution is 0.0615. The van der Waals surface area contributed by atoms with Crippen molar-refractivity contribution in [1.82, 2.24) is 19.7 Å². The van der Waals surface area contributed by atoms with Gasteiger partial charge in [0.25, 0.3) is 5.91 Å². The van der Waals surface area contributed by atoms with Crippen LogP contribution >= 0.6 is 0 Å². The lowest BCUT2D eigenvalue weighted by Crippen LogP contribution is -2.63. The first-order valence-corrected chi connectivity index (χ1v) is 10.1. The van der Waals surface area contributed by atoms with Crippen LogP contribution in [-0.4, -0.2) is 40.4 Å². The van der Waals surface area contributed by atoms with Crippen molar-refractivity contribution in [3.05, 3.63) is 77.5 Å². The van der Waals surface area contributed by atoms with E-state index in [0.29, 0.717) is 15.6 Å². The van der Waals surface area contributed by atoms with Gasteiger partial charge in [0.1, 0.15) is 13.7 Å². The molecule has 33 heavy (non-hydrogen) atoms. The molecule has 0 fully saturated rings. The van der Waals surface area contributed by atoms with Crippen molar-refractivity contribution in [3.8, 4) is 11.1 Å². The maximum absolute atomic E-state index is 16.0. The van der Waals surface area contributed by atoms with Crippen molar-refractivity contribution in [1.29, 1.82) is 0 Å². The average Bonchev–Trinajstić information content (AvgIpc) is 3.34. The summed E-state index contributed by atoms with van der Waals surface area (Å²) in [6.45, 7) is -5.02. The van der Waals surface area contributed by atoms with E-state index in [4.69, 9.17) is 7.85 Å². The summed E-state index contributed by atoms with van der Waals surface area (Å²) in [4.78, 5) is 18.1. The summed E-state index contributed by atoms with van der Waals surface area (Å²) < 4.78 is 58.4. The summed E-state index contributed by atoms with van der Waals surface area (Å²) in [6.07, 6.45) is 2.69. The molecule has 2 aromatic heterocycles. The third-order valence-corrected chi connectivity index (χ3v) is 6.45. The minimum Gasteiger partial charge on any atom is -0.335 e. The Hall–Kier alpha value is -3.62. The van der Waals surface area contributed by atoms with Crippen molar-refractivity contribution in [3.63, 3.8) is 0 Å².